The van der Waals surface area contributed by atoms with Gasteiger partial charge in [-0.25, -0.2) is 0 Å². The molecule has 0 spiro atoms. The Morgan fingerprint density at radius 2 is 1.81 bits per heavy atom. The zero-order valence-corrected chi connectivity index (χ0v) is 11.3. The lowest BCUT2D eigenvalue weighted by atomic mass is 9.85. The summed E-state index contributed by atoms with van der Waals surface area (Å²) in [6.07, 6.45) is 8.01. The van der Waals surface area contributed by atoms with E-state index >= 15 is 0 Å². The van der Waals surface area contributed by atoms with Crippen molar-refractivity contribution in [3.05, 3.63) is 0 Å². The predicted octanol–water partition coefficient (Wildman–Crippen LogP) is 3.28. The molecule has 0 amide bonds. The topological polar surface area (TPSA) is 29.1 Å². The summed E-state index contributed by atoms with van der Waals surface area (Å²) in [6.45, 7) is 4.15. The maximum atomic E-state index is 12.0. The van der Waals surface area contributed by atoms with Crippen LogP contribution in [0.4, 0.5) is 0 Å². The Hall–Kier alpha value is -0.0800. The Kier molecular flexibility index (Phi) is 5.77. The van der Waals surface area contributed by atoms with E-state index in [1.807, 2.05) is 0 Å². The lowest BCUT2D eigenvalue weighted by molar-refractivity contribution is -0.123. The third-order valence-corrected chi connectivity index (χ3v) is 4.19. The zero-order valence-electron chi connectivity index (χ0n) is 10.5. The fourth-order valence-corrected chi connectivity index (χ4v) is 2.95. The molecule has 1 N–H and O–H groups in total. The van der Waals surface area contributed by atoms with Crippen LogP contribution in [0.5, 0.6) is 0 Å². The molecular weight excluding hydrogens is 222 g/mol. The lowest BCUT2D eigenvalue weighted by Crippen LogP contribution is -2.56. The van der Waals surface area contributed by atoms with Crippen LogP contribution in [-0.2, 0) is 4.79 Å². The molecule has 0 unspecified atom stereocenters. The molecule has 0 aliphatic heterocycles. The number of halogens is 1. The average molecular weight is 246 g/mol. The zero-order chi connectivity index (χ0) is 12.0. The number of rotatable bonds is 6. The minimum absolute atomic E-state index is 0.126. The summed E-state index contributed by atoms with van der Waals surface area (Å²) in [7, 11) is 0. The first-order chi connectivity index (χ1) is 7.68. The molecular formula is C13H24ClNO. The molecule has 0 radical (unpaired) electrons. The predicted molar refractivity (Wildman–Crippen MR) is 69.0 cm³/mol. The van der Waals surface area contributed by atoms with Gasteiger partial charge in [-0.3, -0.25) is 4.79 Å². The smallest absolute Gasteiger partial charge is 0.167 e. The van der Waals surface area contributed by atoms with Crippen molar-refractivity contribution in [2.75, 3.05) is 5.88 Å². The highest BCUT2D eigenvalue weighted by molar-refractivity contribution is 6.29. The summed E-state index contributed by atoms with van der Waals surface area (Å²) in [5.41, 5.74) is -0.371. The number of ketones is 1. The van der Waals surface area contributed by atoms with Gasteiger partial charge in [0.15, 0.2) is 5.78 Å². The van der Waals surface area contributed by atoms with E-state index in [2.05, 4.69) is 19.2 Å². The average Bonchev–Trinajstić information content (AvgIpc) is 2.36. The summed E-state index contributed by atoms with van der Waals surface area (Å²) >= 11 is 5.72. The van der Waals surface area contributed by atoms with Gasteiger partial charge in [0.1, 0.15) is 0 Å². The molecule has 1 aliphatic rings. The molecule has 0 heterocycles. The van der Waals surface area contributed by atoms with Crippen LogP contribution in [0.15, 0.2) is 0 Å². The normalized spacial score (nSPS) is 18.7. The number of nitrogens with one attached hydrogen (secondary N) is 1. The Labute approximate surface area is 104 Å². The first-order valence-corrected chi connectivity index (χ1v) is 7.09. The molecule has 0 atom stereocenters. The van der Waals surface area contributed by atoms with Crippen LogP contribution < -0.4 is 5.32 Å². The first-order valence-electron chi connectivity index (χ1n) is 6.55. The molecule has 0 bridgehead atoms. The Bertz CT molecular complexity index is 220. The van der Waals surface area contributed by atoms with Crippen molar-refractivity contribution in [3.8, 4) is 0 Å². The molecule has 0 aromatic rings. The fraction of sp³-hybridized carbons (Fsp3) is 0.923. The number of hydrogen-bond donors (Lipinski definition) is 1. The van der Waals surface area contributed by atoms with Crippen LogP contribution in [0, 0.1) is 0 Å². The SMILES string of the molecule is CCC(CC)(NC1CCCCC1)C(=O)CCl. The van der Waals surface area contributed by atoms with E-state index in [1.54, 1.807) is 0 Å². The van der Waals surface area contributed by atoms with Gasteiger partial charge in [-0.2, -0.15) is 0 Å². The maximum absolute atomic E-state index is 12.0. The minimum atomic E-state index is -0.371. The molecule has 3 heteroatoms. The number of carbonyl (C=O) groups is 1. The molecule has 0 aromatic heterocycles. The van der Waals surface area contributed by atoms with Gasteiger partial charge in [0, 0.05) is 6.04 Å². The van der Waals surface area contributed by atoms with Crippen LogP contribution in [0.2, 0.25) is 0 Å². The molecule has 16 heavy (non-hydrogen) atoms. The number of hydrogen-bond acceptors (Lipinski definition) is 2. The second kappa shape index (κ2) is 6.61. The molecule has 1 aliphatic carbocycles. The van der Waals surface area contributed by atoms with Gasteiger partial charge < -0.3 is 5.32 Å². The first kappa shape index (κ1) is 14.0. The fourth-order valence-electron chi connectivity index (χ4n) is 2.69. The van der Waals surface area contributed by atoms with E-state index in [0.29, 0.717) is 6.04 Å². The highest BCUT2D eigenvalue weighted by Crippen LogP contribution is 2.24. The number of alkyl halides is 1. The van der Waals surface area contributed by atoms with Crippen LogP contribution in [0.1, 0.15) is 58.8 Å². The van der Waals surface area contributed by atoms with E-state index in [1.165, 1.54) is 32.1 Å². The Morgan fingerprint density at radius 1 is 1.25 bits per heavy atom. The molecule has 0 aromatic carbocycles. The summed E-state index contributed by atoms with van der Waals surface area (Å²) in [5, 5.41) is 3.59. The largest absolute Gasteiger partial charge is 0.302 e. The molecule has 2 nitrogen and oxygen atoms in total. The summed E-state index contributed by atoms with van der Waals surface area (Å²) < 4.78 is 0. The van der Waals surface area contributed by atoms with Crippen LogP contribution >= 0.6 is 11.6 Å². The maximum Gasteiger partial charge on any atom is 0.167 e. The van der Waals surface area contributed by atoms with E-state index in [9.17, 15) is 4.79 Å². The second-order valence-electron chi connectivity index (χ2n) is 4.83. The van der Waals surface area contributed by atoms with Crippen LogP contribution in [-0.4, -0.2) is 23.2 Å². The van der Waals surface area contributed by atoms with Crippen molar-refractivity contribution in [3.63, 3.8) is 0 Å². The Balaban J connectivity index is 2.65. The second-order valence-corrected chi connectivity index (χ2v) is 5.09. The van der Waals surface area contributed by atoms with Gasteiger partial charge in [-0.1, -0.05) is 33.1 Å². The monoisotopic (exact) mass is 245 g/mol. The van der Waals surface area contributed by atoms with Gasteiger partial charge in [0.25, 0.3) is 0 Å². The minimum Gasteiger partial charge on any atom is -0.302 e. The van der Waals surface area contributed by atoms with Gasteiger partial charge in [0.05, 0.1) is 11.4 Å². The summed E-state index contributed by atoms with van der Waals surface area (Å²) in [6, 6.07) is 0.515. The quantitative estimate of drug-likeness (QED) is 0.728. The standard InChI is InChI=1S/C13H24ClNO/c1-3-13(4-2,12(16)10-14)15-11-8-6-5-7-9-11/h11,15H,3-10H2,1-2H3. The highest BCUT2D eigenvalue weighted by atomic mass is 35.5. The Morgan fingerprint density at radius 3 is 2.25 bits per heavy atom. The van der Waals surface area contributed by atoms with Crippen molar-refractivity contribution in [2.24, 2.45) is 0 Å². The number of carbonyl (C=O) groups excluding carboxylic acids is 1. The summed E-state index contributed by atoms with van der Waals surface area (Å²) in [4.78, 5) is 12.0. The van der Waals surface area contributed by atoms with Gasteiger partial charge in [0.2, 0.25) is 0 Å². The van der Waals surface area contributed by atoms with Crippen molar-refractivity contribution >= 4 is 17.4 Å². The van der Waals surface area contributed by atoms with Crippen molar-refractivity contribution in [2.45, 2.75) is 70.4 Å². The van der Waals surface area contributed by atoms with Gasteiger partial charge >= 0.3 is 0 Å². The van der Waals surface area contributed by atoms with E-state index in [0.717, 1.165) is 12.8 Å². The third-order valence-electron chi connectivity index (χ3n) is 3.95. The molecule has 0 saturated heterocycles. The van der Waals surface area contributed by atoms with Crippen molar-refractivity contribution < 1.29 is 4.79 Å². The van der Waals surface area contributed by atoms with Gasteiger partial charge in [-0.15, -0.1) is 11.6 Å². The summed E-state index contributed by atoms with van der Waals surface area (Å²) in [5.74, 6) is 0.284. The van der Waals surface area contributed by atoms with Crippen LogP contribution in [0.25, 0.3) is 0 Å². The van der Waals surface area contributed by atoms with Crippen molar-refractivity contribution in [1.82, 2.24) is 5.32 Å². The molecule has 1 rings (SSSR count). The third kappa shape index (κ3) is 3.21. The molecule has 1 saturated carbocycles. The molecule has 94 valence electrons. The van der Waals surface area contributed by atoms with E-state index < -0.39 is 0 Å². The van der Waals surface area contributed by atoms with Gasteiger partial charge in [-0.05, 0) is 25.7 Å². The number of Topliss-reactive ketones (excluding diaryl/α,β-unsaturated/α-hetero) is 1. The lowest BCUT2D eigenvalue weighted by Gasteiger charge is -2.36. The van der Waals surface area contributed by atoms with E-state index in [4.69, 9.17) is 11.6 Å². The van der Waals surface area contributed by atoms with E-state index in [-0.39, 0.29) is 17.2 Å². The van der Waals surface area contributed by atoms with Crippen LogP contribution in [0.3, 0.4) is 0 Å². The molecule has 1 fully saturated rings. The van der Waals surface area contributed by atoms with Crippen molar-refractivity contribution in [1.29, 1.82) is 0 Å². The highest BCUT2D eigenvalue weighted by Gasteiger charge is 2.35.